The van der Waals surface area contributed by atoms with Gasteiger partial charge in [-0.05, 0) is 58.4 Å². The Balaban J connectivity index is 2.31. The Hall–Kier alpha value is 0.360. The molecule has 2 aromatic heterocycles. The average molecular weight is 366 g/mol. The van der Waals surface area contributed by atoms with Gasteiger partial charge in [-0.3, -0.25) is 0 Å². The Morgan fingerprint density at radius 2 is 1.93 bits per heavy atom. The second kappa shape index (κ2) is 4.70. The lowest BCUT2D eigenvalue weighted by Crippen LogP contribution is -1.83. The number of aryl methyl sites for hydroxylation is 2. The first-order chi connectivity index (χ1) is 7.08. The highest BCUT2D eigenvalue weighted by molar-refractivity contribution is 9.11. The van der Waals surface area contributed by atoms with Crippen molar-refractivity contribution in [3.8, 4) is 0 Å². The van der Waals surface area contributed by atoms with E-state index >= 15 is 0 Å². The van der Waals surface area contributed by atoms with Gasteiger partial charge in [0.25, 0.3) is 0 Å². The van der Waals surface area contributed by atoms with E-state index in [1.807, 2.05) is 11.3 Å². The van der Waals surface area contributed by atoms with Crippen LogP contribution >= 0.6 is 54.5 Å². The molecule has 2 heterocycles. The second-order valence-electron chi connectivity index (χ2n) is 3.49. The van der Waals surface area contributed by atoms with Crippen molar-refractivity contribution in [3.05, 3.63) is 42.2 Å². The maximum Gasteiger partial charge on any atom is 0.0831 e. The summed E-state index contributed by atoms with van der Waals surface area (Å²) in [7, 11) is 0. The Morgan fingerprint density at radius 1 is 1.20 bits per heavy atom. The molecule has 0 aliphatic carbocycles. The third-order valence-corrected chi connectivity index (χ3v) is 7.04. The fourth-order valence-corrected chi connectivity index (χ4v) is 4.74. The molecule has 0 nitrogen and oxygen atoms in total. The number of hydrogen-bond acceptors (Lipinski definition) is 2. The van der Waals surface area contributed by atoms with Crippen molar-refractivity contribution in [2.24, 2.45) is 0 Å². The van der Waals surface area contributed by atoms with Crippen LogP contribution in [0.5, 0.6) is 0 Å². The van der Waals surface area contributed by atoms with Gasteiger partial charge in [0.1, 0.15) is 0 Å². The Kier molecular flexibility index (Phi) is 3.71. The number of hydrogen-bond donors (Lipinski definition) is 0. The topological polar surface area (TPSA) is 0 Å². The van der Waals surface area contributed by atoms with Crippen LogP contribution in [0.4, 0.5) is 0 Å². The molecule has 4 heteroatoms. The van der Waals surface area contributed by atoms with Crippen molar-refractivity contribution in [2.75, 3.05) is 0 Å². The fourth-order valence-electron chi connectivity index (χ4n) is 1.33. The summed E-state index contributed by atoms with van der Waals surface area (Å²) in [5.41, 5.74) is 2.65. The molecule has 0 bridgehead atoms. The molecule has 0 aromatic carbocycles. The molecule has 2 rings (SSSR count). The van der Waals surface area contributed by atoms with E-state index < -0.39 is 0 Å². The summed E-state index contributed by atoms with van der Waals surface area (Å²) >= 11 is 10.9. The SMILES string of the molecule is Cc1csc(C(Br)c2cc(C)c(Br)s2)c1. The summed E-state index contributed by atoms with van der Waals surface area (Å²) in [6, 6.07) is 4.48. The summed E-state index contributed by atoms with van der Waals surface area (Å²) in [5, 5.41) is 2.19. The molecular formula is C11H10Br2S2. The van der Waals surface area contributed by atoms with E-state index in [0.29, 0.717) is 4.83 Å². The lowest BCUT2D eigenvalue weighted by molar-refractivity contribution is 1.27. The van der Waals surface area contributed by atoms with Gasteiger partial charge in [-0.1, -0.05) is 15.9 Å². The second-order valence-corrected chi connectivity index (χ2v) is 7.75. The smallest absolute Gasteiger partial charge is 0.0831 e. The van der Waals surface area contributed by atoms with Gasteiger partial charge in [0, 0.05) is 9.75 Å². The first-order valence-electron chi connectivity index (χ1n) is 4.53. The number of alkyl halides is 1. The van der Waals surface area contributed by atoms with E-state index in [0.717, 1.165) is 0 Å². The first-order valence-corrected chi connectivity index (χ1v) is 7.93. The molecule has 1 atom stereocenters. The molecule has 1 unspecified atom stereocenters. The predicted octanol–water partition coefficient (Wildman–Crippen LogP) is 5.67. The highest BCUT2D eigenvalue weighted by atomic mass is 79.9. The lowest BCUT2D eigenvalue weighted by atomic mass is 10.2. The summed E-state index contributed by atoms with van der Waals surface area (Å²) in [5.74, 6) is 0. The largest absolute Gasteiger partial charge is 0.147 e. The maximum absolute atomic E-state index is 3.75. The van der Waals surface area contributed by atoms with E-state index in [1.54, 1.807) is 11.3 Å². The van der Waals surface area contributed by atoms with Crippen LogP contribution in [-0.4, -0.2) is 0 Å². The quantitative estimate of drug-likeness (QED) is 0.601. The minimum absolute atomic E-state index is 0.339. The van der Waals surface area contributed by atoms with Gasteiger partial charge in [0.15, 0.2) is 0 Å². The molecule has 0 aliphatic heterocycles. The third kappa shape index (κ3) is 2.54. The molecule has 15 heavy (non-hydrogen) atoms. The fraction of sp³-hybridized carbons (Fsp3) is 0.273. The van der Waals surface area contributed by atoms with E-state index in [-0.39, 0.29) is 0 Å². The summed E-state index contributed by atoms with van der Waals surface area (Å²) < 4.78 is 1.23. The van der Waals surface area contributed by atoms with Crippen molar-refractivity contribution in [1.82, 2.24) is 0 Å². The van der Waals surface area contributed by atoms with E-state index in [1.165, 1.54) is 24.7 Å². The van der Waals surface area contributed by atoms with Crippen LogP contribution in [0.3, 0.4) is 0 Å². The van der Waals surface area contributed by atoms with Crippen molar-refractivity contribution in [3.63, 3.8) is 0 Å². The van der Waals surface area contributed by atoms with Crippen molar-refractivity contribution >= 4 is 54.5 Å². The minimum Gasteiger partial charge on any atom is -0.147 e. The highest BCUT2D eigenvalue weighted by Gasteiger charge is 2.15. The van der Waals surface area contributed by atoms with Crippen LogP contribution in [0.1, 0.15) is 25.7 Å². The Morgan fingerprint density at radius 3 is 2.40 bits per heavy atom. The molecule has 0 fully saturated rings. The summed E-state index contributed by atoms with van der Waals surface area (Å²) in [4.78, 5) is 3.08. The zero-order valence-electron chi connectivity index (χ0n) is 8.38. The van der Waals surface area contributed by atoms with Gasteiger partial charge in [0.05, 0.1) is 8.61 Å². The molecule has 0 N–H and O–H groups in total. The van der Waals surface area contributed by atoms with Crippen LogP contribution in [0.25, 0.3) is 0 Å². The Labute approximate surface area is 115 Å². The molecule has 0 amide bonds. The lowest BCUT2D eigenvalue weighted by Gasteiger charge is -2.03. The summed E-state index contributed by atoms with van der Waals surface area (Å²) in [6.07, 6.45) is 0. The van der Waals surface area contributed by atoms with E-state index in [4.69, 9.17) is 0 Å². The van der Waals surface area contributed by atoms with Crippen LogP contribution in [0.15, 0.2) is 21.3 Å². The van der Waals surface area contributed by atoms with Crippen LogP contribution in [0, 0.1) is 13.8 Å². The summed E-state index contributed by atoms with van der Waals surface area (Å²) in [6.45, 7) is 4.26. The molecule has 80 valence electrons. The monoisotopic (exact) mass is 364 g/mol. The Bertz CT molecular complexity index is 451. The van der Waals surface area contributed by atoms with Gasteiger partial charge < -0.3 is 0 Å². The van der Waals surface area contributed by atoms with Gasteiger partial charge in [-0.2, -0.15) is 0 Å². The molecule has 0 saturated heterocycles. The molecule has 0 saturated carbocycles. The molecule has 2 aromatic rings. The van der Waals surface area contributed by atoms with Crippen molar-refractivity contribution in [2.45, 2.75) is 18.7 Å². The van der Waals surface area contributed by atoms with E-state index in [2.05, 4.69) is 63.2 Å². The van der Waals surface area contributed by atoms with Crippen molar-refractivity contribution < 1.29 is 0 Å². The van der Waals surface area contributed by atoms with E-state index in [9.17, 15) is 0 Å². The first kappa shape index (κ1) is 11.8. The number of rotatable bonds is 2. The van der Waals surface area contributed by atoms with Crippen LogP contribution in [0.2, 0.25) is 0 Å². The van der Waals surface area contributed by atoms with Gasteiger partial charge in [-0.15, -0.1) is 22.7 Å². The maximum atomic E-state index is 3.75. The zero-order chi connectivity index (χ0) is 11.0. The van der Waals surface area contributed by atoms with Crippen LogP contribution in [-0.2, 0) is 0 Å². The predicted molar refractivity (Wildman–Crippen MR) is 76.6 cm³/mol. The van der Waals surface area contributed by atoms with Crippen molar-refractivity contribution in [1.29, 1.82) is 0 Å². The average Bonchev–Trinajstić information content (AvgIpc) is 2.74. The number of halogens is 2. The standard InChI is InChI=1S/C11H10Br2S2/c1-6-3-8(14-5-6)10(12)9-4-7(2)11(13)15-9/h3-5,10H,1-2H3. The minimum atomic E-state index is 0.339. The zero-order valence-corrected chi connectivity index (χ0v) is 13.2. The van der Waals surface area contributed by atoms with Gasteiger partial charge >= 0.3 is 0 Å². The normalized spacial score (nSPS) is 13.1. The molecular weight excluding hydrogens is 356 g/mol. The van der Waals surface area contributed by atoms with Gasteiger partial charge in [-0.25, -0.2) is 0 Å². The number of thiophene rings is 2. The highest BCUT2D eigenvalue weighted by Crippen LogP contribution is 2.40. The molecule has 0 aliphatic rings. The van der Waals surface area contributed by atoms with Crippen LogP contribution < -0.4 is 0 Å². The third-order valence-electron chi connectivity index (χ3n) is 2.13. The molecule has 0 spiro atoms. The van der Waals surface area contributed by atoms with Gasteiger partial charge in [0.2, 0.25) is 0 Å². The molecule has 0 radical (unpaired) electrons.